The molecule has 0 aromatic rings. The van der Waals surface area contributed by atoms with Crippen molar-refractivity contribution >= 4 is 5.97 Å². The monoisotopic (exact) mass is 157 g/mol. The van der Waals surface area contributed by atoms with Crippen LogP contribution in [0.1, 0.15) is 19.8 Å². The van der Waals surface area contributed by atoms with Crippen molar-refractivity contribution in [3.8, 4) is 0 Å². The van der Waals surface area contributed by atoms with Gasteiger partial charge in [0.25, 0.3) is 0 Å². The van der Waals surface area contributed by atoms with Crippen molar-refractivity contribution in [1.82, 2.24) is 4.90 Å². The van der Waals surface area contributed by atoms with E-state index in [-0.39, 0.29) is 12.1 Å². The molecule has 3 heteroatoms. The molecule has 0 aromatic carbocycles. The Morgan fingerprint density at radius 2 is 2.27 bits per heavy atom. The van der Waals surface area contributed by atoms with Crippen LogP contribution >= 0.6 is 0 Å². The molecule has 0 aliphatic heterocycles. The molecule has 2 atom stereocenters. The zero-order chi connectivity index (χ0) is 8.43. The second kappa shape index (κ2) is 3.22. The smallest absolute Gasteiger partial charge is 0.305 e. The summed E-state index contributed by atoms with van der Waals surface area (Å²) in [6, 6.07) is 0.463. The Hall–Kier alpha value is -0.570. The highest BCUT2D eigenvalue weighted by Crippen LogP contribution is 2.29. The maximum absolute atomic E-state index is 10.8. The van der Waals surface area contributed by atoms with Crippen LogP contribution in [0, 0.1) is 0 Å². The van der Waals surface area contributed by atoms with E-state index in [2.05, 4.69) is 4.90 Å². The Morgan fingerprint density at radius 1 is 1.64 bits per heavy atom. The largest absolute Gasteiger partial charge is 0.461 e. The van der Waals surface area contributed by atoms with Crippen molar-refractivity contribution in [3.63, 3.8) is 0 Å². The van der Waals surface area contributed by atoms with Crippen LogP contribution < -0.4 is 0 Å². The molecule has 0 N–H and O–H groups in total. The number of carbonyl (C=O) groups is 1. The van der Waals surface area contributed by atoms with Crippen LogP contribution in [-0.4, -0.2) is 37.1 Å². The van der Waals surface area contributed by atoms with Gasteiger partial charge in [0.15, 0.2) is 0 Å². The number of hydrogen-bond donors (Lipinski definition) is 0. The molecule has 0 heterocycles. The standard InChI is InChI=1S/C8H15NO2/c1-4-8(10)11-7-5-6(7)9(2)3/h6-7H,4-5H2,1-3H3. The molecule has 3 nitrogen and oxygen atoms in total. The Balaban J connectivity index is 2.18. The van der Waals surface area contributed by atoms with Gasteiger partial charge in [-0.05, 0) is 14.1 Å². The van der Waals surface area contributed by atoms with Crippen LogP contribution in [0.2, 0.25) is 0 Å². The zero-order valence-electron chi connectivity index (χ0n) is 7.33. The Bertz CT molecular complexity index is 156. The maximum Gasteiger partial charge on any atom is 0.305 e. The second-order valence-corrected chi connectivity index (χ2v) is 3.15. The predicted molar refractivity (Wildman–Crippen MR) is 42.3 cm³/mol. The average molecular weight is 157 g/mol. The van der Waals surface area contributed by atoms with Crippen molar-refractivity contribution in [1.29, 1.82) is 0 Å². The highest BCUT2D eigenvalue weighted by molar-refractivity contribution is 5.69. The Labute approximate surface area is 67.3 Å². The van der Waals surface area contributed by atoms with Crippen LogP contribution in [0.15, 0.2) is 0 Å². The molecule has 1 aliphatic carbocycles. The number of hydrogen-bond acceptors (Lipinski definition) is 3. The third kappa shape index (κ3) is 2.19. The van der Waals surface area contributed by atoms with Crippen molar-refractivity contribution in [2.75, 3.05) is 14.1 Å². The number of ether oxygens (including phenoxy) is 1. The summed E-state index contributed by atoms with van der Waals surface area (Å²) in [5, 5.41) is 0. The van der Waals surface area contributed by atoms with E-state index in [0.717, 1.165) is 6.42 Å². The molecule has 0 aromatic heterocycles. The van der Waals surface area contributed by atoms with Gasteiger partial charge in [-0.2, -0.15) is 0 Å². The molecule has 0 bridgehead atoms. The SMILES string of the molecule is CCC(=O)OC1CC1N(C)C. The van der Waals surface area contributed by atoms with Gasteiger partial charge < -0.3 is 9.64 Å². The van der Waals surface area contributed by atoms with Crippen molar-refractivity contribution < 1.29 is 9.53 Å². The van der Waals surface area contributed by atoms with Gasteiger partial charge in [-0.3, -0.25) is 4.79 Å². The number of likely N-dealkylation sites (N-methyl/N-ethyl adjacent to an activating group) is 1. The van der Waals surface area contributed by atoms with E-state index in [1.54, 1.807) is 0 Å². The number of nitrogens with zero attached hydrogens (tertiary/aromatic N) is 1. The fourth-order valence-corrected chi connectivity index (χ4v) is 1.08. The van der Waals surface area contributed by atoms with E-state index in [0.29, 0.717) is 12.5 Å². The average Bonchev–Trinajstić information content (AvgIpc) is 2.67. The molecule has 1 fully saturated rings. The van der Waals surface area contributed by atoms with Crippen LogP contribution in [0.5, 0.6) is 0 Å². The molecule has 0 radical (unpaired) electrons. The fraction of sp³-hybridized carbons (Fsp3) is 0.875. The first-order valence-corrected chi connectivity index (χ1v) is 4.01. The lowest BCUT2D eigenvalue weighted by atomic mass is 10.5. The summed E-state index contributed by atoms with van der Waals surface area (Å²) in [6.07, 6.45) is 1.65. The van der Waals surface area contributed by atoms with Crippen molar-refractivity contribution in [3.05, 3.63) is 0 Å². The normalized spacial score (nSPS) is 28.7. The van der Waals surface area contributed by atoms with E-state index in [1.165, 1.54) is 0 Å². The summed E-state index contributed by atoms with van der Waals surface area (Å²) >= 11 is 0. The van der Waals surface area contributed by atoms with Gasteiger partial charge in [-0.25, -0.2) is 0 Å². The molecular formula is C8H15NO2. The van der Waals surface area contributed by atoms with Crippen LogP contribution in [-0.2, 0) is 9.53 Å². The lowest BCUT2D eigenvalue weighted by Gasteiger charge is -2.08. The van der Waals surface area contributed by atoms with Gasteiger partial charge in [0, 0.05) is 18.9 Å². The molecular weight excluding hydrogens is 142 g/mol. The first-order valence-electron chi connectivity index (χ1n) is 4.01. The minimum absolute atomic E-state index is 0.0839. The first kappa shape index (κ1) is 8.53. The minimum atomic E-state index is -0.0839. The highest BCUT2D eigenvalue weighted by Gasteiger charge is 2.42. The van der Waals surface area contributed by atoms with E-state index >= 15 is 0 Å². The lowest BCUT2D eigenvalue weighted by Crippen LogP contribution is -2.20. The third-order valence-electron chi connectivity index (χ3n) is 1.93. The topological polar surface area (TPSA) is 29.5 Å². The van der Waals surface area contributed by atoms with Gasteiger partial charge in [-0.1, -0.05) is 6.92 Å². The van der Waals surface area contributed by atoms with Gasteiger partial charge >= 0.3 is 5.97 Å². The minimum Gasteiger partial charge on any atom is -0.461 e. The third-order valence-corrected chi connectivity index (χ3v) is 1.93. The summed E-state index contributed by atoms with van der Waals surface area (Å²) in [5.74, 6) is -0.0839. The molecule has 1 saturated carbocycles. The number of esters is 1. The fourth-order valence-electron chi connectivity index (χ4n) is 1.08. The molecule has 64 valence electrons. The predicted octanol–water partition coefficient (Wildman–Crippen LogP) is 0.642. The molecule has 0 saturated heterocycles. The maximum atomic E-state index is 10.8. The van der Waals surface area contributed by atoms with Gasteiger partial charge in [0.05, 0.1) is 0 Å². The van der Waals surface area contributed by atoms with Gasteiger partial charge in [0.2, 0.25) is 0 Å². The summed E-state index contributed by atoms with van der Waals surface area (Å²) in [5.41, 5.74) is 0. The second-order valence-electron chi connectivity index (χ2n) is 3.15. The quantitative estimate of drug-likeness (QED) is 0.563. The summed E-state index contributed by atoms with van der Waals surface area (Å²) in [4.78, 5) is 12.9. The summed E-state index contributed by atoms with van der Waals surface area (Å²) in [7, 11) is 4.01. The zero-order valence-corrected chi connectivity index (χ0v) is 7.33. The number of rotatable bonds is 3. The molecule has 0 spiro atoms. The molecule has 1 aliphatic rings. The van der Waals surface area contributed by atoms with Crippen molar-refractivity contribution in [2.45, 2.75) is 31.9 Å². The Morgan fingerprint density at radius 3 is 2.64 bits per heavy atom. The molecule has 0 amide bonds. The molecule has 11 heavy (non-hydrogen) atoms. The van der Waals surface area contributed by atoms with Crippen molar-refractivity contribution in [2.24, 2.45) is 0 Å². The van der Waals surface area contributed by atoms with Crippen LogP contribution in [0.4, 0.5) is 0 Å². The lowest BCUT2D eigenvalue weighted by molar-refractivity contribution is -0.145. The van der Waals surface area contributed by atoms with Crippen LogP contribution in [0.25, 0.3) is 0 Å². The van der Waals surface area contributed by atoms with E-state index in [9.17, 15) is 4.79 Å². The summed E-state index contributed by atoms with van der Waals surface area (Å²) in [6.45, 7) is 1.81. The Kier molecular flexibility index (Phi) is 2.49. The number of carbonyl (C=O) groups excluding carboxylic acids is 1. The first-order chi connectivity index (χ1) is 5.15. The van der Waals surface area contributed by atoms with E-state index in [4.69, 9.17) is 4.74 Å². The summed E-state index contributed by atoms with van der Waals surface area (Å²) < 4.78 is 5.10. The van der Waals surface area contributed by atoms with Crippen LogP contribution in [0.3, 0.4) is 0 Å². The molecule has 1 rings (SSSR count). The highest BCUT2D eigenvalue weighted by atomic mass is 16.5. The van der Waals surface area contributed by atoms with Gasteiger partial charge in [0.1, 0.15) is 6.10 Å². The van der Waals surface area contributed by atoms with E-state index < -0.39 is 0 Å². The van der Waals surface area contributed by atoms with E-state index in [1.807, 2.05) is 21.0 Å². The molecule has 2 unspecified atom stereocenters. The van der Waals surface area contributed by atoms with Gasteiger partial charge in [-0.15, -0.1) is 0 Å².